The van der Waals surface area contributed by atoms with E-state index in [0.29, 0.717) is 17.2 Å². The standard InChI is InChI=1S/C18H27BrN4O2/c1-10(2)14-13(19)15(23-22-14)17(25)20-12-9-7-6-8-11(12)16(24)21-18(3,4)5/h6-10,13-15,22-23H,1-5H3,(H,20,25)(H,21,24). The highest BCUT2D eigenvalue weighted by molar-refractivity contribution is 9.09. The second-order valence-corrected chi connectivity index (χ2v) is 8.78. The fourth-order valence-corrected chi connectivity index (χ4v) is 3.82. The van der Waals surface area contributed by atoms with Crippen LogP contribution in [0.25, 0.3) is 0 Å². The first-order valence-electron chi connectivity index (χ1n) is 8.47. The number of hydrogen-bond donors (Lipinski definition) is 4. The van der Waals surface area contributed by atoms with Crippen LogP contribution in [-0.4, -0.2) is 34.3 Å². The van der Waals surface area contributed by atoms with E-state index < -0.39 is 6.04 Å². The Bertz CT molecular complexity index is 642. The van der Waals surface area contributed by atoms with Crippen molar-refractivity contribution in [3.63, 3.8) is 0 Å². The number of amides is 2. The fourth-order valence-electron chi connectivity index (χ4n) is 2.71. The number of carbonyl (C=O) groups is 2. The van der Waals surface area contributed by atoms with Crippen molar-refractivity contribution in [2.75, 3.05) is 5.32 Å². The van der Waals surface area contributed by atoms with Crippen molar-refractivity contribution in [2.45, 2.75) is 57.1 Å². The molecule has 1 aromatic carbocycles. The third-order valence-electron chi connectivity index (χ3n) is 3.99. The minimum absolute atomic E-state index is 0.0388. The Labute approximate surface area is 157 Å². The zero-order chi connectivity index (χ0) is 18.8. The molecule has 2 rings (SSSR count). The molecule has 2 amide bonds. The van der Waals surface area contributed by atoms with E-state index in [1.165, 1.54) is 0 Å². The van der Waals surface area contributed by atoms with Gasteiger partial charge in [-0.2, -0.15) is 0 Å². The number of carbonyl (C=O) groups excluding carboxylic acids is 2. The average molecular weight is 411 g/mol. The lowest BCUT2D eigenvalue weighted by Crippen LogP contribution is -2.43. The molecule has 6 nitrogen and oxygen atoms in total. The van der Waals surface area contributed by atoms with Crippen LogP contribution < -0.4 is 21.5 Å². The SMILES string of the molecule is CC(C)C1NNC(C(=O)Nc2ccccc2C(=O)NC(C)(C)C)C1Br. The van der Waals surface area contributed by atoms with Gasteiger partial charge in [0.2, 0.25) is 5.91 Å². The number of nitrogens with one attached hydrogen (secondary N) is 4. The summed E-state index contributed by atoms with van der Waals surface area (Å²) in [7, 11) is 0. The van der Waals surface area contributed by atoms with Crippen LogP contribution in [0, 0.1) is 5.92 Å². The van der Waals surface area contributed by atoms with Crippen LogP contribution in [0.15, 0.2) is 24.3 Å². The summed E-state index contributed by atoms with van der Waals surface area (Å²) < 4.78 is 0. The number of anilines is 1. The van der Waals surface area contributed by atoms with Crippen molar-refractivity contribution in [3.8, 4) is 0 Å². The number of halogens is 1. The molecular weight excluding hydrogens is 384 g/mol. The van der Waals surface area contributed by atoms with Gasteiger partial charge in [-0.1, -0.05) is 41.9 Å². The highest BCUT2D eigenvalue weighted by Gasteiger charge is 2.39. The molecule has 4 N–H and O–H groups in total. The number of hydrazine groups is 1. The molecule has 0 spiro atoms. The maximum Gasteiger partial charge on any atom is 0.253 e. The topological polar surface area (TPSA) is 82.3 Å². The average Bonchev–Trinajstić information content (AvgIpc) is 2.88. The summed E-state index contributed by atoms with van der Waals surface area (Å²) in [6.07, 6.45) is 0. The molecule has 1 heterocycles. The number of benzene rings is 1. The molecule has 1 fully saturated rings. The van der Waals surface area contributed by atoms with Crippen LogP contribution in [-0.2, 0) is 4.79 Å². The predicted octanol–water partition coefficient (Wildman–Crippen LogP) is 2.42. The van der Waals surface area contributed by atoms with Crippen molar-refractivity contribution < 1.29 is 9.59 Å². The Balaban J connectivity index is 2.13. The zero-order valence-electron chi connectivity index (χ0n) is 15.3. The number of alkyl halides is 1. The third-order valence-corrected chi connectivity index (χ3v) is 5.08. The quantitative estimate of drug-likeness (QED) is 0.574. The highest BCUT2D eigenvalue weighted by Crippen LogP contribution is 2.23. The third kappa shape index (κ3) is 5.03. The van der Waals surface area contributed by atoms with Crippen LogP contribution in [0.4, 0.5) is 5.69 Å². The minimum Gasteiger partial charge on any atom is -0.347 e. The summed E-state index contributed by atoms with van der Waals surface area (Å²) in [5.74, 6) is -0.0237. The van der Waals surface area contributed by atoms with Crippen LogP contribution >= 0.6 is 15.9 Å². The van der Waals surface area contributed by atoms with Gasteiger partial charge in [0, 0.05) is 11.6 Å². The van der Waals surface area contributed by atoms with Crippen molar-refractivity contribution in [3.05, 3.63) is 29.8 Å². The lowest BCUT2D eigenvalue weighted by atomic mass is 9.99. The van der Waals surface area contributed by atoms with E-state index in [0.717, 1.165) is 0 Å². The van der Waals surface area contributed by atoms with Crippen LogP contribution in [0.2, 0.25) is 0 Å². The van der Waals surface area contributed by atoms with E-state index in [1.807, 2.05) is 20.8 Å². The van der Waals surface area contributed by atoms with Crippen LogP contribution in [0.3, 0.4) is 0 Å². The number of hydrogen-bond acceptors (Lipinski definition) is 4. The number of rotatable bonds is 4. The van der Waals surface area contributed by atoms with Gasteiger partial charge in [-0.3, -0.25) is 15.0 Å². The number of para-hydroxylation sites is 1. The lowest BCUT2D eigenvalue weighted by molar-refractivity contribution is -0.117. The van der Waals surface area contributed by atoms with Crippen LogP contribution in [0.1, 0.15) is 45.0 Å². The Morgan fingerprint density at radius 3 is 2.36 bits per heavy atom. The van der Waals surface area contributed by atoms with Gasteiger partial charge in [-0.05, 0) is 38.8 Å². The summed E-state index contributed by atoms with van der Waals surface area (Å²) in [5, 5.41) is 5.80. The molecule has 1 saturated heterocycles. The van der Waals surface area contributed by atoms with E-state index in [-0.39, 0.29) is 28.2 Å². The lowest BCUT2D eigenvalue weighted by Gasteiger charge is -2.22. The summed E-state index contributed by atoms with van der Waals surface area (Å²) in [6, 6.07) is 6.75. The largest absolute Gasteiger partial charge is 0.347 e. The van der Waals surface area contributed by atoms with Gasteiger partial charge in [0.05, 0.1) is 16.1 Å². The van der Waals surface area contributed by atoms with Crippen LogP contribution in [0.5, 0.6) is 0 Å². The molecule has 1 aliphatic rings. The molecule has 1 aromatic rings. The molecule has 0 radical (unpaired) electrons. The van der Waals surface area contributed by atoms with E-state index in [4.69, 9.17) is 0 Å². The molecule has 0 aromatic heterocycles. The van der Waals surface area contributed by atoms with Gasteiger partial charge in [0.1, 0.15) is 6.04 Å². The van der Waals surface area contributed by atoms with E-state index in [2.05, 4.69) is 51.3 Å². The maximum absolute atomic E-state index is 12.7. The second-order valence-electron chi connectivity index (χ2n) is 7.72. The van der Waals surface area contributed by atoms with Gasteiger partial charge in [-0.15, -0.1) is 0 Å². The zero-order valence-corrected chi connectivity index (χ0v) is 16.9. The molecular formula is C18H27BrN4O2. The fraction of sp³-hybridized carbons (Fsp3) is 0.556. The van der Waals surface area contributed by atoms with E-state index in [1.54, 1.807) is 24.3 Å². The normalized spacial score (nSPS) is 23.6. The summed E-state index contributed by atoms with van der Waals surface area (Å²) in [5.41, 5.74) is 6.79. The molecule has 0 bridgehead atoms. The molecule has 3 atom stereocenters. The van der Waals surface area contributed by atoms with Crippen molar-refractivity contribution in [1.82, 2.24) is 16.2 Å². The molecule has 1 aliphatic heterocycles. The highest BCUT2D eigenvalue weighted by atomic mass is 79.9. The summed E-state index contributed by atoms with van der Waals surface area (Å²) in [4.78, 5) is 25.1. The van der Waals surface area contributed by atoms with Crippen molar-refractivity contribution in [2.24, 2.45) is 5.92 Å². The van der Waals surface area contributed by atoms with Crippen molar-refractivity contribution >= 4 is 33.4 Å². The first kappa shape index (κ1) is 19.9. The first-order chi connectivity index (χ1) is 11.6. The Morgan fingerprint density at radius 2 is 1.80 bits per heavy atom. The summed E-state index contributed by atoms with van der Waals surface area (Å²) in [6.45, 7) is 9.95. The summed E-state index contributed by atoms with van der Waals surface area (Å²) >= 11 is 3.61. The Morgan fingerprint density at radius 1 is 1.16 bits per heavy atom. The molecule has 25 heavy (non-hydrogen) atoms. The Hall–Kier alpha value is -1.44. The predicted molar refractivity (Wildman–Crippen MR) is 104 cm³/mol. The van der Waals surface area contributed by atoms with Gasteiger partial charge in [0.15, 0.2) is 0 Å². The minimum atomic E-state index is -0.425. The molecule has 138 valence electrons. The molecule has 3 unspecified atom stereocenters. The maximum atomic E-state index is 12.7. The first-order valence-corrected chi connectivity index (χ1v) is 9.39. The van der Waals surface area contributed by atoms with E-state index >= 15 is 0 Å². The molecule has 0 saturated carbocycles. The monoisotopic (exact) mass is 410 g/mol. The van der Waals surface area contributed by atoms with Crippen molar-refractivity contribution in [1.29, 1.82) is 0 Å². The second kappa shape index (κ2) is 7.85. The van der Waals surface area contributed by atoms with Gasteiger partial charge in [-0.25, -0.2) is 5.43 Å². The van der Waals surface area contributed by atoms with Gasteiger partial charge in [0.25, 0.3) is 5.91 Å². The van der Waals surface area contributed by atoms with E-state index in [9.17, 15) is 9.59 Å². The Kier molecular flexibility index (Phi) is 6.24. The van der Waals surface area contributed by atoms with Gasteiger partial charge >= 0.3 is 0 Å². The molecule has 7 heteroatoms. The van der Waals surface area contributed by atoms with Gasteiger partial charge < -0.3 is 10.6 Å². The smallest absolute Gasteiger partial charge is 0.253 e. The molecule has 0 aliphatic carbocycles.